The van der Waals surface area contributed by atoms with Crippen LogP contribution in [0, 0.1) is 12.7 Å². The molecule has 2 heterocycles. The average Bonchev–Trinajstić information content (AvgIpc) is 2.72. The fourth-order valence-electron chi connectivity index (χ4n) is 4.37. The number of benzene rings is 2. The first-order valence-electron chi connectivity index (χ1n) is 10.6. The molecule has 29 heavy (non-hydrogen) atoms. The SMILES string of the molecule is Cc1ccc2c(c1)CC[C@@H]([C@@H](O)CCC[C@H](O)[C@H]1CCc3cc(F)ccc3O1)O2. The van der Waals surface area contributed by atoms with Gasteiger partial charge in [0.15, 0.2) is 0 Å². The molecule has 0 aliphatic carbocycles. The van der Waals surface area contributed by atoms with E-state index in [2.05, 4.69) is 13.0 Å². The van der Waals surface area contributed by atoms with E-state index >= 15 is 0 Å². The summed E-state index contributed by atoms with van der Waals surface area (Å²) in [6.45, 7) is 2.07. The molecular formula is C24H29FO4. The van der Waals surface area contributed by atoms with Crippen molar-refractivity contribution in [3.8, 4) is 11.5 Å². The summed E-state index contributed by atoms with van der Waals surface area (Å²) in [5.41, 5.74) is 3.28. The Morgan fingerprint density at radius 1 is 0.897 bits per heavy atom. The van der Waals surface area contributed by atoms with E-state index in [1.54, 1.807) is 6.07 Å². The smallest absolute Gasteiger partial charge is 0.125 e. The number of hydrogen-bond acceptors (Lipinski definition) is 4. The number of aliphatic hydroxyl groups excluding tert-OH is 2. The van der Waals surface area contributed by atoms with Gasteiger partial charge >= 0.3 is 0 Å². The molecule has 2 aliphatic heterocycles. The summed E-state index contributed by atoms with van der Waals surface area (Å²) in [7, 11) is 0. The summed E-state index contributed by atoms with van der Waals surface area (Å²) in [4.78, 5) is 0. The molecule has 4 atom stereocenters. The molecule has 4 rings (SSSR count). The van der Waals surface area contributed by atoms with Gasteiger partial charge in [0.05, 0.1) is 12.2 Å². The van der Waals surface area contributed by atoms with Gasteiger partial charge in [-0.25, -0.2) is 4.39 Å². The van der Waals surface area contributed by atoms with E-state index in [0.717, 1.165) is 24.2 Å². The summed E-state index contributed by atoms with van der Waals surface area (Å²) in [5.74, 6) is 1.27. The highest BCUT2D eigenvalue weighted by molar-refractivity contribution is 5.38. The van der Waals surface area contributed by atoms with E-state index in [1.165, 1.54) is 23.3 Å². The molecule has 0 spiro atoms. The highest BCUT2D eigenvalue weighted by atomic mass is 19.1. The number of ether oxygens (including phenoxy) is 2. The van der Waals surface area contributed by atoms with Crippen LogP contribution in [0.15, 0.2) is 36.4 Å². The van der Waals surface area contributed by atoms with Crippen LogP contribution in [0.5, 0.6) is 11.5 Å². The maximum atomic E-state index is 13.3. The second-order valence-corrected chi connectivity index (χ2v) is 8.32. The van der Waals surface area contributed by atoms with Crippen LogP contribution in [-0.2, 0) is 12.8 Å². The minimum atomic E-state index is -0.601. The zero-order valence-corrected chi connectivity index (χ0v) is 16.8. The van der Waals surface area contributed by atoms with Gasteiger partial charge in [-0.15, -0.1) is 0 Å². The molecule has 2 aromatic rings. The number of aryl methyl sites for hydroxylation is 3. The van der Waals surface area contributed by atoms with Gasteiger partial charge in [-0.3, -0.25) is 0 Å². The van der Waals surface area contributed by atoms with Gasteiger partial charge in [-0.1, -0.05) is 17.7 Å². The minimum absolute atomic E-state index is 0.199. The van der Waals surface area contributed by atoms with Crippen molar-refractivity contribution in [3.63, 3.8) is 0 Å². The van der Waals surface area contributed by atoms with Crippen molar-refractivity contribution in [2.75, 3.05) is 0 Å². The summed E-state index contributed by atoms with van der Waals surface area (Å²) in [6, 6.07) is 10.7. The van der Waals surface area contributed by atoms with E-state index < -0.39 is 12.2 Å². The van der Waals surface area contributed by atoms with E-state index in [1.807, 2.05) is 12.1 Å². The quantitative estimate of drug-likeness (QED) is 0.766. The van der Waals surface area contributed by atoms with Crippen LogP contribution < -0.4 is 9.47 Å². The van der Waals surface area contributed by atoms with Gasteiger partial charge in [0.25, 0.3) is 0 Å². The molecule has 2 aliphatic rings. The molecule has 0 fully saturated rings. The number of hydrogen-bond donors (Lipinski definition) is 2. The molecule has 0 unspecified atom stereocenters. The monoisotopic (exact) mass is 400 g/mol. The second-order valence-electron chi connectivity index (χ2n) is 8.32. The van der Waals surface area contributed by atoms with Crippen molar-refractivity contribution < 1.29 is 24.1 Å². The largest absolute Gasteiger partial charge is 0.487 e. The molecule has 0 bridgehead atoms. The van der Waals surface area contributed by atoms with Crippen molar-refractivity contribution in [1.29, 1.82) is 0 Å². The number of aliphatic hydroxyl groups is 2. The van der Waals surface area contributed by atoms with Crippen LogP contribution >= 0.6 is 0 Å². The van der Waals surface area contributed by atoms with Gasteiger partial charge < -0.3 is 19.7 Å². The summed E-state index contributed by atoms with van der Waals surface area (Å²) >= 11 is 0. The number of fused-ring (bicyclic) bond motifs is 2. The van der Waals surface area contributed by atoms with Crippen LogP contribution in [0.4, 0.5) is 4.39 Å². The molecule has 4 nitrogen and oxygen atoms in total. The van der Waals surface area contributed by atoms with Gasteiger partial charge in [0.2, 0.25) is 0 Å². The van der Waals surface area contributed by atoms with Gasteiger partial charge in [0.1, 0.15) is 29.5 Å². The summed E-state index contributed by atoms with van der Waals surface area (Å²) < 4.78 is 25.2. The first kappa shape index (κ1) is 20.2. The van der Waals surface area contributed by atoms with Crippen LogP contribution in [0.1, 0.15) is 48.8 Å². The van der Waals surface area contributed by atoms with E-state index in [9.17, 15) is 14.6 Å². The average molecular weight is 400 g/mol. The molecule has 0 saturated carbocycles. The topological polar surface area (TPSA) is 58.9 Å². The Hall–Kier alpha value is -2.11. The maximum Gasteiger partial charge on any atom is 0.125 e. The second kappa shape index (κ2) is 8.72. The molecule has 0 aromatic heterocycles. The van der Waals surface area contributed by atoms with Crippen molar-refractivity contribution >= 4 is 0 Å². The predicted molar refractivity (Wildman–Crippen MR) is 109 cm³/mol. The lowest BCUT2D eigenvalue weighted by molar-refractivity contribution is 0.00136. The Morgan fingerprint density at radius 3 is 2.07 bits per heavy atom. The normalized spacial score (nSPS) is 22.6. The Bertz CT molecular complexity index is 783. The standard InChI is InChI=1S/C24H29FO4/c1-15-5-9-21-16(13-15)6-10-23(28-21)19(26)3-2-4-20(27)24-11-7-17-14-18(25)8-12-22(17)29-24/h5,8-9,12-14,19-20,23-24,26-27H,2-4,6-7,10-11H2,1H3/t19-,20-,23-,24+/m0/s1. The Morgan fingerprint density at radius 2 is 1.45 bits per heavy atom. The fourth-order valence-corrected chi connectivity index (χ4v) is 4.37. The lowest BCUT2D eigenvalue weighted by atomic mass is 9.93. The molecule has 156 valence electrons. The first-order valence-corrected chi connectivity index (χ1v) is 10.6. The van der Waals surface area contributed by atoms with Crippen molar-refractivity contribution in [3.05, 3.63) is 58.9 Å². The lowest BCUT2D eigenvalue weighted by Gasteiger charge is -2.31. The third-order valence-corrected chi connectivity index (χ3v) is 6.05. The van der Waals surface area contributed by atoms with Gasteiger partial charge in [0, 0.05) is 0 Å². The maximum absolute atomic E-state index is 13.3. The molecule has 0 saturated heterocycles. The minimum Gasteiger partial charge on any atom is -0.487 e. The third-order valence-electron chi connectivity index (χ3n) is 6.05. The van der Waals surface area contributed by atoms with E-state index in [0.29, 0.717) is 37.9 Å². The molecular weight excluding hydrogens is 371 g/mol. The van der Waals surface area contributed by atoms with Crippen LogP contribution in [0.2, 0.25) is 0 Å². The van der Waals surface area contributed by atoms with E-state index in [-0.39, 0.29) is 18.0 Å². The highest BCUT2D eigenvalue weighted by Crippen LogP contribution is 2.32. The zero-order valence-electron chi connectivity index (χ0n) is 16.8. The van der Waals surface area contributed by atoms with Crippen molar-refractivity contribution in [2.24, 2.45) is 0 Å². The Labute approximate surface area is 171 Å². The molecule has 0 radical (unpaired) electrons. The van der Waals surface area contributed by atoms with E-state index in [4.69, 9.17) is 9.47 Å². The predicted octanol–water partition coefficient (Wildman–Crippen LogP) is 4.11. The zero-order chi connectivity index (χ0) is 20.4. The summed E-state index contributed by atoms with van der Waals surface area (Å²) in [6.07, 6.45) is 3.28. The molecule has 5 heteroatoms. The molecule has 2 aromatic carbocycles. The van der Waals surface area contributed by atoms with Crippen LogP contribution in [-0.4, -0.2) is 34.6 Å². The first-order chi connectivity index (χ1) is 14.0. The van der Waals surface area contributed by atoms with Gasteiger partial charge in [-0.05, 0) is 87.3 Å². The Balaban J connectivity index is 1.24. The van der Waals surface area contributed by atoms with Gasteiger partial charge in [-0.2, -0.15) is 0 Å². The number of halogens is 1. The fraction of sp³-hybridized carbons (Fsp3) is 0.500. The highest BCUT2D eigenvalue weighted by Gasteiger charge is 2.29. The lowest BCUT2D eigenvalue weighted by Crippen LogP contribution is -2.36. The molecule has 0 amide bonds. The van der Waals surface area contributed by atoms with Crippen molar-refractivity contribution in [1.82, 2.24) is 0 Å². The van der Waals surface area contributed by atoms with Crippen LogP contribution in [0.3, 0.4) is 0 Å². The molecule has 2 N–H and O–H groups in total. The summed E-state index contributed by atoms with van der Waals surface area (Å²) in [5, 5.41) is 21.1. The Kier molecular flexibility index (Phi) is 6.07. The van der Waals surface area contributed by atoms with Crippen molar-refractivity contribution in [2.45, 2.75) is 76.3 Å². The van der Waals surface area contributed by atoms with Crippen LogP contribution in [0.25, 0.3) is 0 Å². The number of rotatable bonds is 6. The third kappa shape index (κ3) is 4.73.